The van der Waals surface area contributed by atoms with Crippen molar-refractivity contribution in [1.29, 1.82) is 0 Å². The third kappa shape index (κ3) is 10.4. The van der Waals surface area contributed by atoms with E-state index in [0.29, 0.717) is 0 Å². The largest absolute Gasteiger partial charge is 0.0776 e. The molecule has 0 heterocycles. The molecule has 0 N–H and O–H groups in total. The third-order valence-corrected chi connectivity index (χ3v) is 14.5. The Balaban J connectivity index is 0.00000223. The highest BCUT2D eigenvalue weighted by molar-refractivity contribution is 5.92. The van der Waals surface area contributed by atoms with Gasteiger partial charge in [0.1, 0.15) is 0 Å². The van der Waals surface area contributed by atoms with Gasteiger partial charge >= 0.3 is 0 Å². The molecular weight excluding hydrogens is 853 g/mol. The van der Waals surface area contributed by atoms with Gasteiger partial charge in [0.25, 0.3) is 0 Å². The van der Waals surface area contributed by atoms with Gasteiger partial charge in [-0.2, -0.15) is 0 Å². The van der Waals surface area contributed by atoms with E-state index < -0.39 is 0 Å². The molecule has 352 valence electrons. The highest BCUT2D eigenvalue weighted by atomic mass is 14.5. The van der Waals surface area contributed by atoms with Gasteiger partial charge in [0, 0.05) is 11.3 Å². The lowest BCUT2D eigenvalue weighted by molar-refractivity contribution is 0.681. The Morgan fingerprint density at radius 2 is 0.986 bits per heavy atom. The standard InChI is InChI=1S/C68H58.C2H6.CH4/c1-48(39-40-59(53-27-13-7-14-28-53)45-49(2)57-31-21-32-58(47-57)55-43-41-54(42-44-55)52-25-11-6-12-26-52)50(3)60-35-22-38-66-67(60)62-34-18-20-37-65(62)68(66,4)64-36-19-17-33-61(64)63(56-29-15-8-16-30-56)46-51-23-9-5-10-24-51;1-2;/h5-38,40-45,47,63H,39,46H2,1-4H3;1-2H3;1H4/b49-45+,50-48+,59-40+;;. The second kappa shape index (κ2) is 22.7. The molecule has 0 fully saturated rings. The van der Waals surface area contributed by atoms with Crippen molar-refractivity contribution in [1.82, 2.24) is 0 Å². The molecule has 71 heavy (non-hydrogen) atoms. The average Bonchev–Trinajstić information content (AvgIpc) is 3.71. The van der Waals surface area contributed by atoms with Crippen LogP contribution in [0.5, 0.6) is 0 Å². The number of allylic oxidation sites excluding steroid dienone is 6. The Hall–Kier alpha value is -7.80. The highest BCUT2D eigenvalue weighted by Crippen LogP contribution is 2.56. The number of hydrogen-bond acceptors (Lipinski definition) is 0. The van der Waals surface area contributed by atoms with Crippen molar-refractivity contribution in [2.75, 3.05) is 0 Å². The molecule has 0 nitrogen and oxygen atoms in total. The van der Waals surface area contributed by atoms with E-state index in [1.54, 1.807) is 0 Å². The first kappa shape index (κ1) is 49.6. The zero-order valence-electron chi connectivity index (χ0n) is 41.7. The van der Waals surface area contributed by atoms with Gasteiger partial charge in [-0.3, -0.25) is 0 Å². The van der Waals surface area contributed by atoms with Crippen LogP contribution in [0.2, 0.25) is 0 Å². The molecular formula is C71H68. The Morgan fingerprint density at radius 1 is 0.479 bits per heavy atom. The van der Waals surface area contributed by atoms with Gasteiger partial charge in [0.05, 0.1) is 0 Å². The first-order valence-corrected chi connectivity index (χ1v) is 25.2. The molecule has 0 bridgehead atoms. The third-order valence-electron chi connectivity index (χ3n) is 14.5. The molecule has 0 amide bonds. The summed E-state index contributed by atoms with van der Waals surface area (Å²) in [5.74, 6) is 0.194. The second-order valence-electron chi connectivity index (χ2n) is 18.6. The molecule has 0 aliphatic heterocycles. The second-order valence-corrected chi connectivity index (χ2v) is 18.6. The SMILES string of the molecule is C.C/C(=C\C(=C/C/C(C)=C(\C)c1cccc2c1-c1ccccc1C2(C)c1ccccc1C(Cc1ccccc1)c1ccccc1)c1ccccc1)c1cccc(-c2ccc(-c3ccccc3)cc2)c1.CC. The summed E-state index contributed by atoms with van der Waals surface area (Å²) in [4.78, 5) is 0. The maximum absolute atomic E-state index is 2.47. The Labute approximate surface area is 425 Å². The minimum atomic E-state index is -0.359. The first-order chi connectivity index (χ1) is 34.4. The molecule has 0 saturated heterocycles. The Kier molecular flexibility index (Phi) is 15.9. The fourth-order valence-electron chi connectivity index (χ4n) is 10.6. The summed E-state index contributed by atoms with van der Waals surface area (Å²) >= 11 is 0. The van der Waals surface area contributed by atoms with E-state index in [4.69, 9.17) is 0 Å². The summed E-state index contributed by atoms with van der Waals surface area (Å²) in [5, 5.41) is 0. The minimum absolute atomic E-state index is 0. The fourth-order valence-corrected chi connectivity index (χ4v) is 10.6. The zero-order valence-corrected chi connectivity index (χ0v) is 41.7. The quantitative estimate of drug-likeness (QED) is 0.101. The lowest BCUT2D eigenvalue weighted by Gasteiger charge is -2.33. The van der Waals surface area contributed by atoms with Crippen LogP contribution >= 0.6 is 0 Å². The Bertz CT molecular complexity index is 3280. The molecule has 2 atom stereocenters. The van der Waals surface area contributed by atoms with Crippen LogP contribution in [0.3, 0.4) is 0 Å². The topological polar surface area (TPSA) is 0 Å². The van der Waals surface area contributed by atoms with Crippen LogP contribution in [0.25, 0.3) is 50.1 Å². The van der Waals surface area contributed by atoms with Gasteiger partial charge in [0.15, 0.2) is 0 Å². The summed E-state index contributed by atoms with van der Waals surface area (Å²) in [6.07, 6.45) is 6.56. The molecule has 0 heteroatoms. The van der Waals surface area contributed by atoms with Gasteiger partial charge in [-0.15, -0.1) is 0 Å². The van der Waals surface area contributed by atoms with Crippen molar-refractivity contribution < 1.29 is 0 Å². The molecule has 1 aliphatic carbocycles. The summed E-state index contributed by atoms with van der Waals surface area (Å²) < 4.78 is 0. The number of fused-ring (bicyclic) bond motifs is 3. The molecule has 0 radical (unpaired) electrons. The van der Waals surface area contributed by atoms with Gasteiger partial charge < -0.3 is 0 Å². The smallest absolute Gasteiger partial charge is 0.0438 e. The molecule has 0 saturated carbocycles. The van der Waals surface area contributed by atoms with Crippen molar-refractivity contribution in [2.24, 2.45) is 0 Å². The normalized spacial score (nSPS) is 14.7. The van der Waals surface area contributed by atoms with Gasteiger partial charge in [-0.05, 0) is 147 Å². The molecule has 1 aliphatic rings. The van der Waals surface area contributed by atoms with Crippen LogP contribution in [-0.2, 0) is 11.8 Å². The number of rotatable bonds is 13. The molecule has 10 rings (SSSR count). The highest BCUT2D eigenvalue weighted by Gasteiger charge is 2.43. The fraction of sp³-hybridized carbons (Fsp3) is 0.155. The molecule has 0 aromatic heterocycles. The van der Waals surface area contributed by atoms with E-state index >= 15 is 0 Å². The maximum atomic E-state index is 2.47. The predicted octanol–water partition coefficient (Wildman–Crippen LogP) is 19.8. The van der Waals surface area contributed by atoms with Crippen LogP contribution < -0.4 is 0 Å². The van der Waals surface area contributed by atoms with Gasteiger partial charge in [-0.1, -0.05) is 270 Å². The van der Waals surface area contributed by atoms with Crippen molar-refractivity contribution in [3.8, 4) is 33.4 Å². The van der Waals surface area contributed by atoms with E-state index in [9.17, 15) is 0 Å². The predicted molar refractivity (Wildman–Crippen MR) is 309 cm³/mol. The molecule has 9 aromatic carbocycles. The van der Waals surface area contributed by atoms with Crippen molar-refractivity contribution >= 4 is 16.7 Å². The maximum Gasteiger partial charge on any atom is 0.0438 e. The van der Waals surface area contributed by atoms with E-state index in [1.165, 1.54) is 106 Å². The summed E-state index contributed by atoms with van der Waals surface area (Å²) in [7, 11) is 0. The lowest BCUT2D eigenvalue weighted by Crippen LogP contribution is -2.25. The van der Waals surface area contributed by atoms with Crippen LogP contribution in [0, 0.1) is 0 Å². The first-order valence-electron chi connectivity index (χ1n) is 25.2. The van der Waals surface area contributed by atoms with Gasteiger partial charge in [0.2, 0.25) is 0 Å². The number of hydrogen-bond donors (Lipinski definition) is 0. The Morgan fingerprint density at radius 3 is 1.68 bits per heavy atom. The number of benzene rings is 9. The van der Waals surface area contributed by atoms with E-state index in [2.05, 4.69) is 276 Å². The van der Waals surface area contributed by atoms with Gasteiger partial charge in [-0.25, -0.2) is 0 Å². The zero-order chi connectivity index (χ0) is 48.5. The van der Waals surface area contributed by atoms with E-state index in [0.717, 1.165) is 12.8 Å². The summed E-state index contributed by atoms with van der Waals surface area (Å²) in [6.45, 7) is 13.4. The van der Waals surface area contributed by atoms with Crippen LogP contribution in [0.1, 0.15) is 111 Å². The van der Waals surface area contributed by atoms with Crippen LogP contribution in [0.4, 0.5) is 0 Å². The molecule has 0 spiro atoms. The van der Waals surface area contributed by atoms with Crippen molar-refractivity contribution in [3.63, 3.8) is 0 Å². The van der Waals surface area contributed by atoms with E-state index in [1.807, 2.05) is 13.8 Å². The average molecular weight is 921 g/mol. The van der Waals surface area contributed by atoms with Crippen LogP contribution in [0.15, 0.2) is 254 Å². The minimum Gasteiger partial charge on any atom is -0.0776 e. The molecule has 2 unspecified atom stereocenters. The van der Waals surface area contributed by atoms with Crippen molar-refractivity contribution in [2.45, 2.75) is 73.1 Å². The summed E-state index contributed by atoms with van der Waals surface area (Å²) in [5.41, 5.74) is 24.3. The monoisotopic (exact) mass is 921 g/mol. The van der Waals surface area contributed by atoms with Crippen LogP contribution in [-0.4, -0.2) is 0 Å². The van der Waals surface area contributed by atoms with E-state index in [-0.39, 0.29) is 18.8 Å². The summed E-state index contributed by atoms with van der Waals surface area (Å²) in [6, 6.07) is 86.8. The molecule has 9 aromatic rings. The van der Waals surface area contributed by atoms with Crippen molar-refractivity contribution in [3.05, 3.63) is 304 Å². The lowest BCUT2D eigenvalue weighted by atomic mass is 9.69.